The van der Waals surface area contributed by atoms with Crippen LogP contribution in [0.3, 0.4) is 0 Å². The summed E-state index contributed by atoms with van der Waals surface area (Å²) in [5.41, 5.74) is 14.3. The Hall–Kier alpha value is -6.64. The van der Waals surface area contributed by atoms with Crippen LogP contribution in [0.2, 0.25) is 0 Å². The van der Waals surface area contributed by atoms with Crippen molar-refractivity contribution in [3.8, 4) is 39.6 Å². The summed E-state index contributed by atoms with van der Waals surface area (Å²) in [6.45, 7) is 20.4. The molecule has 0 amide bonds. The first-order valence-electron chi connectivity index (χ1n) is 22.5. The van der Waals surface area contributed by atoms with Gasteiger partial charge in [0, 0.05) is 41.4 Å². The van der Waals surface area contributed by atoms with Crippen molar-refractivity contribution in [3.63, 3.8) is 0 Å². The molecule has 9 aromatic rings. The van der Waals surface area contributed by atoms with Crippen LogP contribution in [0.4, 0.5) is 22.7 Å². The third-order valence-electron chi connectivity index (χ3n) is 12.5. The second kappa shape index (κ2) is 17.0. The number of benzene rings is 7. The third kappa shape index (κ3) is 8.39. The number of nitrogens with zero attached hydrogens (tertiary/aromatic N) is 4. The molecule has 0 bridgehead atoms. The van der Waals surface area contributed by atoms with E-state index in [0.717, 1.165) is 61.5 Å². The van der Waals surface area contributed by atoms with Crippen molar-refractivity contribution in [3.05, 3.63) is 193 Å². The summed E-state index contributed by atoms with van der Waals surface area (Å²) < 4.78 is 13.2. The zero-order valence-corrected chi connectivity index (χ0v) is 41.4. The second-order valence-electron chi connectivity index (χ2n) is 20.3. The van der Waals surface area contributed by atoms with Crippen LogP contribution in [0.25, 0.3) is 49.9 Å². The van der Waals surface area contributed by atoms with Crippen LogP contribution in [0.15, 0.2) is 164 Å². The SMILES string of the molecule is CC(C)(C)c1cc(-c2cccc3c2[N+](c2ccccc2)=C=[N+]3c2[c-]c(Oc3[c-]c4c(cc3)c3cc(-c5ccccc5)ccc3n4-c3cc(C(C)(C)C)ccn3)ccc2)cc(C(C)(C)C)c1.[Pt+2]. The number of fused-ring (bicyclic) bond motifs is 4. The smallest absolute Gasteiger partial charge is 0.509 e. The Morgan fingerprint density at radius 1 is 0.530 bits per heavy atom. The van der Waals surface area contributed by atoms with Gasteiger partial charge in [-0.3, -0.25) is 0 Å². The van der Waals surface area contributed by atoms with E-state index >= 15 is 0 Å². The van der Waals surface area contributed by atoms with Crippen molar-refractivity contribution < 1.29 is 25.8 Å². The van der Waals surface area contributed by atoms with Gasteiger partial charge in [-0.05, 0) is 83.9 Å². The fourth-order valence-corrected chi connectivity index (χ4v) is 8.76. The summed E-state index contributed by atoms with van der Waals surface area (Å²) in [5, 5.41) is 2.20. The monoisotopic (exact) mass is 1040 g/mol. The maximum Gasteiger partial charge on any atom is 2.00 e. The molecule has 0 fully saturated rings. The van der Waals surface area contributed by atoms with E-state index in [2.05, 4.69) is 234 Å². The average Bonchev–Trinajstić information content (AvgIpc) is 3.85. The van der Waals surface area contributed by atoms with Crippen molar-refractivity contribution >= 4 is 50.6 Å². The minimum Gasteiger partial charge on any atom is -0.509 e. The number of aromatic nitrogens is 2. The van der Waals surface area contributed by atoms with Crippen LogP contribution < -0.4 is 13.9 Å². The van der Waals surface area contributed by atoms with Gasteiger partial charge in [0.15, 0.2) is 0 Å². The molecular weight excluding hydrogens is 988 g/mol. The molecule has 66 heavy (non-hydrogen) atoms. The molecule has 0 unspecified atom stereocenters. The number of ether oxygens (including phenoxy) is 1. The molecule has 7 aromatic carbocycles. The number of hydrogen-bond acceptors (Lipinski definition) is 2. The van der Waals surface area contributed by atoms with Crippen molar-refractivity contribution in [2.24, 2.45) is 0 Å². The van der Waals surface area contributed by atoms with Gasteiger partial charge >= 0.3 is 32.8 Å². The van der Waals surface area contributed by atoms with Crippen molar-refractivity contribution in [1.82, 2.24) is 18.7 Å². The molecule has 6 heteroatoms. The van der Waals surface area contributed by atoms with E-state index in [-0.39, 0.29) is 37.3 Å². The summed E-state index contributed by atoms with van der Waals surface area (Å²) in [6.07, 6.45) is 1.91. The van der Waals surface area contributed by atoms with Crippen LogP contribution in [-0.2, 0) is 37.3 Å². The largest absolute Gasteiger partial charge is 2.00 e. The summed E-state index contributed by atoms with van der Waals surface area (Å²) in [6, 6.07) is 66.8. The zero-order valence-electron chi connectivity index (χ0n) is 39.1. The molecule has 3 heterocycles. The molecule has 0 saturated carbocycles. The molecule has 2 aromatic heterocycles. The van der Waals surface area contributed by atoms with Gasteiger partial charge in [0.05, 0.1) is 5.56 Å². The Labute approximate surface area is 403 Å². The van der Waals surface area contributed by atoms with Gasteiger partial charge in [0.2, 0.25) is 5.69 Å². The maximum absolute atomic E-state index is 6.71. The van der Waals surface area contributed by atoms with E-state index in [1.165, 1.54) is 27.8 Å². The van der Waals surface area contributed by atoms with E-state index in [1.807, 2.05) is 24.4 Å². The van der Waals surface area contributed by atoms with Crippen molar-refractivity contribution in [1.29, 1.82) is 0 Å². The second-order valence-corrected chi connectivity index (χ2v) is 20.3. The Kier molecular flexibility index (Phi) is 11.5. The van der Waals surface area contributed by atoms with Crippen molar-refractivity contribution in [2.75, 3.05) is 0 Å². The minimum absolute atomic E-state index is 0. The molecule has 10 rings (SSSR count). The Bertz CT molecular complexity index is 3340. The fraction of sp³-hybridized carbons (Fsp3) is 0.200. The minimum atomic E-state index is -0.0483. The van der Waals surface area contributed by atoms with E-state index in [4.69, 9.17) is 9.72 Å². The van der Waals surface area contributed by atoms with Crippen LogP contribution in [-0.4, -0.2) is 15.6 Å². The molecule has 1 aliphatic heterocycles. The molecule has 0 spiro atoms. The van der Waals surface area contributed by atoms with E-state index < -0.39 is 0 Å². The summed E-state index contributed by atoms with van der Waals surface area (Å²) in [5.74, 6) is 2.00. The molecule has 0 N–H and O–H groups in total. The summed E-state index contributed by atoms with van der Waals surface area (Å²) in [4.78, 5) is 4.93. The number of para-hydroxylation sites is 2. The van der Waals surface area contributed by atoms with Gasteiger partial charge in [-0.1, -0.05) is 169 Å². The Morgan fingerprint density at radius 2 is 1.20 bits per heavy atom. The van der Waals surface area contributed by atoms with Gasteiger partial charge in [-0.2, -0.15) is 12.1 Å². The third-order valence-corrected chi connectivity index (χ3v) is 12.5. The first kappa shape index (κ1) is 44.6. The molecule has 0 radical (unpaired) electrons. The summed E-state index contributed by atoms with van der Waals surface area (Å²) in [7, 11) is 0. The average molecular weight is 1040 g/mol. The van der Waals surface area contributed by atoms with Gasteiger partial charge in [0.1, 0.15) is 11.5 Å². The predicted octanol–water partition coefficient (Wildman–Crippen LogP) is 15.7. The molecular formula is C60H54N4OPt+2. The summed E-state index contributed by atoms with van der Waals surface area (Å²) >= 11 is 0. The number of pyridine rings is 1. The first-order valence-corrected chi connectivity index (χ1v) is 22.5. The van der Waals surface area contributed by atoms with Crippen LogP contribution in [0.1, 0.15) is 79.0 Å². The van der Waals surface area contributed by atoms with E-state index in [0.29, 0.717) is 11.5 Å². The quantitative estimate of drug-likeness (QED) is 0.118. The van der Waals surface area contributed by atoms with E-state index in [1.54, 1.807) is 0 Å². The molecule has 0 aliphatic carbocycles. The maximum atomic E-state index is 6.71. The number of rotatable bonds is 7. The van der Waals surface area contributed by atoms with Gasteiger partial charge in [-0.25, -0.2) is 4.98 Å². The van der Waals surface area contributed by atoms with Crippen LogP contribution >= 0.6 is 0 Å². The van der Waals surface area contributed by atoms with Crippen LogP contribution in [0.5, 0.6) is 11.5 Å². The molecule has 328 valence electrons. The molecule has 5 nitrogen and oxygen atoms in total. The molecule has 0 atom stereocenters. The fourth-order valence-electron chi connectivity index (χ4n) is 8.76. The molecule has 1 aliphatic rings. The zero-order chi connectivity index (χ0) is 45.3. The topological polar surface area (TPSA) is 33.1 Å². The van der Waals surface area contributed by atoms with E-state index in [9.17, 15) is 0 Å². The van der Waals surface area contributed by atoms with Crippen molar-refractivity contribution in [2.45, 2.75) is 78.6 Å². The predicted molar refractivity (Wildman–Crippen MR) is 271 cm³/mol. The van der Waals surface area contributed by atoms with Crippen LogP contribution in [0, 0.1) is 12.1 Å². The first-order chi connectivity index (χ1) is 31.1. The van der Waals surface area contributed by atoms with Gasteiger partial charge in [-0.15, -0.1) is 23.6 Å². The Morgan fingerprint density at radius 3 is 1.89 bits per heavy atom. The van der Waals surface area contributed by atoms with Gasteiger partial charge < -0.3 is 9.30 Å². The standard InChI is InChI=1S/C60H54N4O.Pt/c1-58(2,3)43-30-31-61-56(36-43)64-53-29-26-41(40-18-12-10-13-19-40)34-52(53)51-28-27-49(38-55(51)64)65-48-23-16-22-47(37-48)62-39-63(46-20-14-11-15-21-46)57-50(24-17-25-54(57)62)42-32-44(59(4,5)6)35-45(33-42)60(7,8)9;/h10-36H,1-9H3;/q;+2. The Balaban J connectivity index is 0.00000548. The number of hydrogen-bond donors (Lipinski definition) is 0. The molecule has 0 saturated heterocycles. The van der Waals surface area contributed by atoms with Gasteiger partial charge in [0.25, 0.3) is 5.69 Å². The normalized spacial score (nSPS) is 12.7.